The van der Waals surface area contributed by atoms with Gasteiger partial charge in [-0.2, -0.15) is 5.10 Å². The molecule has 5 aromatic carbocycles. The molecule has 0 aromatic heterocycles. The molecule has 0 fully saturated rings. The fourth-order valence-electron chi connectivity index (χ4n) is 4.11. The van der Waals surface area contributed by atoms with Crippen LogP contribution in [0.25, 0.3) is 11.6 Å². The normalized spacial score (nSPS) is 10.8. The molecular formula is C34H28N2. The summed E-state index contributed by atoms with van der Waals surface area (Å²) in [6, 6.07) is 50.3. The van der Waals surface area contributed by atoms with Crippen LogP contribution in [-0.2, 0) is 6.54 Å². The van der Waals surface area contributed by atoms with Crippen LogP contribution in [0, 0.1) is 0 Å². The maximum Gasteiger partial charge on any atom is 0.0666 e. The van der Waals surface area contributed by atoms with Crippen molar-refractivity contribution in [3.63, 3.8) is 0 Å². The van der Waals surface area contributed by atoms with Crippen LogP contribution in [0.1, 0.15) is 27.8 Å². The Balaban J connectivity index is 1.40. The Morgan fingerprint density at radius 2 is 1.00 bits per heavy atom. The molecule has 0 unspecified atom stereocenters. The number of rotatable bonds is 8. The third-order valence-electron chi connectivity index (χ3n) is 5.99. The van der Waals surface area contributed by atoms with Crippen molar-refractivity contribution in [2.45, 2.75) is 6.54 Å². The van der Waals surface area contributed by atoms with Crippen LogP contribution >= 0.6 is 0 Å². The van der Waals surface area contributed by atoms with Crippen molar-refractivity contribution in [2.75, 3.05) is 5.01 Å². The van der Waals surface area contributed by atoms with Gasteiger partial charge < -0.3 is 0 Å². The number of hydrogen-bond acceptors (Lipinski definition) is 2. The average Bonchev–Trinajstić information content (AvgIpc) is 2.96. The molecule has 2 heteroatoms. The van der Waals surface area contributed by atoms with Gasteiger partial charge in [-0.25, -0.2) is 0 Å². The summed E-state index contributed by atoms with van der Waals surface area (Å²) in [5, 5.41) is 6.87. The summed E-state index contributed by atoms with van der Waals surface area (Å²) in [5.41, 5.74) is 8.10. The van der Waals surface area contributed by atoms with Crippen LogP contribution in [0.3, 0.4) is 0 Å². The smallest absolute Gasteiger partial charge is 0.0666 e. The van der Waals surface area contributed by atoms with E-state index in [0.29, 0.717) is 6.54 Å². The molecule has 0 saturated carbocycles. The van der Waals surface area contributed by atoms with E-state index in [0.717, 1.165) is 16.8 Å². The summed E-state index contributed by atoms with van der Waals surface area (Å²) >= 11 is 0. The summed E-state index contributed by atoms with van der Waals surface area (Å²) in [7, 11) is 0. The van der Waals surface area contributed by atoms with Crippen LogP contribution in [0.5, 0.6) is 0 Å². The maximum atomic E-state index is 4.84. The van der Waals surface area contributed by atoms with E-state index in [1.54, 1.807) is 0 Å². The summed E-state index contributed by atoms with van der Waals surface area (Å²) < 4.78 is 0. The number of hydrogen-bond donors (Lipinski definition) is 0. The molecule has 0 atom stereocenters. The summed E-state index contributed by atoms with van der Waals surface area (Å²) in [5.74, 6) is 0. The first-order valence-corrected chi connectivity index (χ1v) is 12.2. The minimum absolute atomic E-state index is 0.708. The lowest BCUT2D eigenvalue weighted by Crippen LogP contribution is -2.15. The van der Waals surface area contributed by atoms with Gasteiger partial charge in [0.2, 0.25) is 0 Å². The molecule has 0 bridgehead atoms. The number of hydrazone groups is 1. The van der Waals surface area contributed by atoms with Gasteiger partial charge in [-0.1, -0.05) is 133 Å². The molecule has 0 spiro atoms. The fourth-order valence-corrected chi connectivity index (χ4v) is 4.11. The Kier molecular flexibility index (Phi) is 7.46. The quantitative estimate of drug-likeness (QED) is 0.128. The number of benzene rings is 5. The van der Waals surface area contributed by atoms with E-state index in [-0.39, 0.29) is 0 Å². The number of anilines is 1. The van der Waals surface area contributed by atoms with Gasteiger partial charge in [0, 0.05) is 0 Å². The van der Waals surface area contributed by atoms with E-state index in [1.165, 1.54) is 22.3 Å². The summed E-state index contributed by atoms with van der Waals surface area (Å²) in [4.78, 5) is 0. The van der Waals surface area contributed by atoms with Gasteiger partial charge in [-0.15, -0.1) is 0 Å². The molecule has 0 saturated heterocycles. The van der Waals surface area contributed by atoms with Gasteiger partial charge in [0.15, 0.2) is 0 Å². The van der Waals surface area contributed by atoms with Crippen LogP contribution < -0.4 is 5.01 Å². The van der Waals surface area contributed by atoms with Crippen LogP contribution in [0.2, 0.25) is 0 Å². The monoisotopic (exact) mass is 464 g/mol. The average molecular weight is 465 g/mol. The highest BCUT2D eigenvalue weighted by Crippen LogP contribution is 2.26. The van der Waals surface area contributed by atoms with Gasteiger partial charge in [0.25, 0.3) is 0 Å². The zero-order valence-electron chi connectivity index (χ0n) is 20.1. The highest BCUT2D eigenvalue weighted by atomic mass is 15.4. The Morgan fingerprint density at radius 3 is 1.56 bits per heavy atom. The lowest BCUT2D eigenvalue weighted by Gasteiger charge is -2.19. The van der Waals surface area contributed by atoms with E-state index in [4.69, 9.17) is 5.10 Å². The highest BCUT2D eigenvalue weighted by molar-refractivity contribution is 5.91. The third kappa shape index (κ3) is 6.05. The number of nitrogens with zero attached hydrogens (tertiary/aromatic N) is 2. The molecule has 0 N–H and O–H groups in total. The van der Waals surface area contributed by atoms with Crippen molar-refractivity contribution >= 4 is 23.6 Å². The van der Waals surface area contributed by atoms with Crippen molar-refractivity contribution in [1.82, 2.24) is 0 Å². The molecule has 0 aliphatic carbocycles. The Hall–Kier alpha value is -4.69. The zero-order chi connectivity index (χ0) is 24.4. The molecule has 0 amide bonds. The van der Waals surface area contributed by atoms with Gasteiger partial charge in [0.05, 0.1) is 18.4 Å². The minimum Gasteiger partial charge on any atom is -0.261 e. The Bertz CT molecular complexity index is 1370. The number of para-hydroxylation sites is 1. The first kappa shape index (κ1) is 23.1. The van der Waals surface area contributed by atoms with Gasteiger partial charge in [-0.05, 0) is 51.6 Å². The van der Waals surface area contributed by atoms with Gasteiger partial charge in [0.1, 0.15) is 0 Å². The standard InChI is InChI=1S/C34H28N2/c1-5-13-30(14-6-1)27-36(33-19-11-4-12-20-33)35-26-29-23-21-28(22-24-29)25-34(31-15-7-2-8-16-31)32-17-9-3-10-18-32/h1-26H,27H2. The molecule has 0 heterocycles. The predicted molar refractivity (Wildman–Crippen MR) is 153 cm³/mol. The fraction of sp³-hybridized carbons (Fsp3) is 0.0294. The predicted octanol–water partition coefficient (Wildman–Crippen LogP) is 8.32. The van der Waals surface area contributed by atoms with Crippen LogP contribution in [0.15, 0.2) is 151 Å². The lowest BCUT2D eigenvalue weighted by atomic mass is 9.95. The first-order chi connectivity index (χ1) is 17.8. The maximum absolute atomic E-state index is 4.84. The molecule has 2 nitrogen and oxygen atoms in total. The minimum atomic E-state index is 0.708. The summed E-state index contributed by atoms with van der Waals surface area (Å²) in [6.45, 7) is 0.708. The van der Waals surface area contributed by atoms with Crippen molar-refractivity contribution in [3.05, 3.63) is 173 Å². The molecular weight excluding hydrogens is 436 g/mol. The van der Waals surface area contributed by atoms with Gasteiger partial charge in [-0.3, -0.25) is 5.01 Å². The van der Waals surface area contributed by atoms with Gasteiger partial charge >= 0.3 is 0 Å². The van der Waals surface area contributed by atoms with Crippen molar-refractivity contribution < 1.29 is 0 Å². The topological polar surface area (TPSA) is 15.6 Å². The van der Waals surface area contributed by atoms with Crippen molar-refractivity contribution in [2.24, 2.45) is 5.10 Å². The highest BCUT2D eigenvalue weighted by Gasteiger charge is 2.06. The lowest BCUT2D eigenvalue weighted by molar-refractivity contribution is 0.858. The van der Waals surface area contributed by atoms with E-state index in [2.05, 4.69) is 127 Å². The van der Waals surface area contributed by atoms with E-state index < -0.39 is 0 Å². The van der Waals surface area contributed by atoms with Crippen molar-refractivity contribution in [1.29, 1.82) is 0 Å². The Labute approximate surface area is 213 Å². The van der Waals surface area contributed by atoms with Crippen molar-refractivity contribution in [3.8, 4) is 0 Å². The van der Waals surface area contributed by atoms with E-state index >= 15 is 0 Å². The zero-order valence-corrected chi connectivity index (χ0v) is 20.1. The van der Waals surface area contributed by atoms with Crippen LogP contribution in [-0.4, -0.2) is 6.21 Å². The molecule has 5 aromatic rings. The van der Waals surface area contributed by atoms with Crippen LogP contribution in [0.4, 0.5) is 5.69 Å². The Morgan fingerprint density at radius 1 is 0.528 bits per heavy atom. The summed E-state index contributed by atoms with van der Waals surface area (Å²) in [6.07, 6.45) is 4.18. The molecule has 174 valence electrons. The molecule has 0 aliphatic heterocycles. The van der Waals surface area contributed by atoms with E-state index in [1.807, 2.05) is 35.5 Å². The molecule has 0 aliphatic rings. The SMILES string of the molecule is C(=NN(Cc1ccccc1)c1ccccc1)c1ccc(C=C(c2ccccc2)c2ccccc2)cc1. The second kappa shape index (κ2) is 11.6. The molecule has 36 heavy (non-hydrogen) atoms. The second-order valence-corrected chi connectivity index (χ2v) is 8.58. The second-order valence-electron chi connectivity index (χ2n) is 8.58. The largest absolute Gasteiger partial charge is 0.261 e. The van der Waals surface area contributed by atoms with E-state index in [9.17, 15) is 0 Å². The molecule has 0 radical (unpaired) electrons. The molecule has 5 rings (SSSR count). The third-order valence-corrected chi connectivity index (χ3v) is 5.99. The first-order valence-electron chi connectivity index (χ1n) is 12.2.